The van der Waals surface area contributed by atoms with Gasteiger partial charge < -0.3 is 4.90 Å². The maximum absolute atomic E-state index is 4.72. The molecule has 0 amide bonds. The number of halogens is 1. The Morgan fingerprint density at radius 1 is 1.44 bits per heavy atom. The SMILES string of the molecule is CN1C=N[C@@]2(CCc3c(Br)cccc3C2)C1. The third-order valence-corrected chi connectivity index (χ3v) is 4.39. The molecule has 1 heterocycles. The Labute approximate surface area is 104 Å². The average Bonchev–Trinajstić information content (AvgIpc) is 2.60. The van der Waals surface area contributed by atoms with Gasteiger partial charge in [0, 0.05) is 18.1 Å². The molecule has 0 aromatic heterocycles. The fourth-order valence-electron chi connectivity index (χ4n) is 2.86. The van der Waals surface area contributed by atoms with Gasteiger partial charge in [-0.05, 0) is 36.5 Å². The molecule has 16 heavy (non-hydrogen) atoms. The number of hydrogen-bond acceptors (Lipinski definition) is 2. The highest BCUT2D eigenvalue weighted by Gasteiger charge is 2.37. The van der Waals surface area contributed by atoms with Gasteiger partial charge in [-0.2, -0.15) is 0 Å². The normalized spacial score (nSPS) is 27.5. The molecule has 3 rings (SSSR count). The standard InChI is InChI=1S/C13H15BrN2/c1-16-8-13(15-9-16)6-5-11-10(7-13)3-2-4-12(11)14/h2-4,9H,5-8H2,1H3/t13-/m1/s1. The fraction of sp³-hybridized carbons (Fsp3) is 0.462. The van der Waals surface area contributed by atoms with Crippen LogP contribution in [0.1, 0.15) is 17.5 Å². The van der Waals surface area contributed by atoms with Gasteiger partial charge >= 0.3 is 0 Å². The highest BCUT2D eigenvalue weighted by molar-refractivity contribution is 9.10. The van der Waals surface area contributed by atoms with Gasteiger partial charge in [0.15, 0.2) is 0 Å². The number of benzene rings is 1. The Kier molecular flexibility index (Phi) is 2.32. The van der Waals surface area contributed by atoms with Crippen molar-refractivity contribution in [2.75, 3.05) is 13.6 Å². The first kappa shape index (κ1) is 10.3. The van der Waals surface area contributed by atoms with E-state index in [9.17, 15) is 0 Å². The molecule has 3 heteroatoms. The number of nitrogens with zero attached hydrogens (tertiary/aromatic N) is 2. The molecule has 84 valence electrons. The molecular weight excluding hydrogens is 264 g/mol. The highest BCUT2D eigenvalue weighted by Crippen LogP contribution is 2.36. The second-order valence-electron chi connectivity index (χ2n) is 4.94. The van der Waals surface area contributed by atoms with Crippen molar-refractivity contribution >= 4 is 22.3 Å². The first-order valence-electron chi connectivity index (χ1n) is 5.70. The van der Waals surface area contributed by atoms with Gasteiger partial charge in [-0.3, -0.25) is 4.99 Å². The van der Waals surface area contributed by atoms with Crippen LogP contribution >= 0.6 is 15.9 Å². The van der Waals surface area contributed by atoms with Crippen LogP contribution in [0.15, 0.2) is 27.7 Å². The summed E-state index contributed by atoms with van der Waals surface area (Å²) in [5, 5.41) is 0. The summed E-state index contributed by atoms with van der Waals surface area (Å²) in [5.74, 6) is 0. The van der Waals surface area contributed by atoms with Crippen molar-refractivity contribution in [2.24, 2.45) is 4.99 Å². The van der Waals surface area contributed by atoms with Gasteiger partial charge in [0.1, 0.15) is 0 Å². The molecule has 0 unspecified atom stereocenters. The molecule has 0 saturated carbocycles. The molecule has 0 fully saturated rings. The molecule has 1 atom stereocenters. The van der Waals surface area contributed by atoms with E-state index in [1.165, 1.54) is 22.0 Å². The van der Waals surface area contributed by atoms with Crippen LogP contribution in [0, 0.1) is 0 Å². The molecule has 1 spiro atoms. The lowest BCUT2D eigenvalue weighted by Crippen LogP contribution is -2.38. The number of aliphatic imine (C=N–C) groups is 1. The van der Waals surface area contributed by atoms with Crippen LogP contribution in [0.3, 0.4) is 0 Å². The summed E-state index contributed by atoms with van der Waals surface area (Å²) in [4.78, 5) is 6.92. The average molecular weight is 279 g/mol. The van der Waals surface area contributed by atoms with E-state index >= 15 is 0 Å². The zero-order valence-corrected chi connectivity index (χ0v) is 11.0. The molecule has 0 saturated heterocycles. The first-order chi connectivity index (χ1) is 7.69. The van der Waals surface area contributed by atoms with E-state index in [1.807, 2.05) is 6.34 Å². The zero-order chi connectivity index (χ0) is 11.2. The van der Waals surface area contributed by atoms with E-state index in [2.05, 4.69) is 46.1 Å². The van der Waals surface area contributed by atoms with E-state index in [0.717, 1.165) is 19.4 Å². The Bertz CT molecular complexity index is 455. The van der Waals surface area contributed by atoms with Crippen molar-refractivity contribution in [1.82, 2.24) is 4.90 Å². The minimum Gasteiger partial charge on any atom is -0.364 e. The molecule has 2 nitrogen and oxygen atoms in total. The summed E-state index contributed by atoms with van der Waals surface area (Å²) in [6.07, 6.45) is 5.39. The Morgan fingerprint density at radius 3 is 3.06 bits per heavy atom. The van der Waals surface area contributed by atoms with Crippen LogP contribution in [0.25, 0.3) is 0 Å². The molecule has 1 aliphatic heterocycles. The number of hydrogen-bond donors (Lipinski definition) is 0. The van der Waals surface area contributed by atoms with Crippen molar-refractivity contribution in [3.05, 3.63) is 33.8 Å². The van der Waals surface area contributed by atoms with Crippen molar-refractivity contribution in [3.8, 4) is 0 Å². The van der Waals surface area contributed by atoms with Crippen LogP contribution < -0.4 is 0 Å². The van der Waals surface area contributed by atoms with Crippen LogP contribution in [0.5, 0.6) is 0 Å². The second kappa shape index (κ2) is 3.59. The lowest BCUT2D eigenvalue weighted by molar-refractivity contribution is 0.336. The van der Waals surface area contributed by atoms with Gasteiger partial charge in [0.25, 0.3) is 0 Å². The van der Waals surface area contributed by atoms with Gasteiger partial charge in [0.05, 0.1) is 11.9 Å². The minimum atomic E-state index is 0.155. The van der Waals surface area contributed by atoms with Crippen LogP contribution in [-0.2, 0) is 12.8 Å². The van der Waals surface area contributed by atoms with Crippen LogP contribution in [0.2, 0.25) is 0 Å². The van der Waals surface area contributed by atoms with Crippen LogP contribution in [-0.4, -0.2) is 30.4 Å². The Morgan fingerprint density at radius 2 is 2.31 bits per heavy atom. The summed E-state index contributed by atoms with van der Waals surface area (Å²) in [7, 11) is 2.11. The van der Waals surface area contributed by atoms with Crippen molar-refractivity contribution in [1.29, 1.82) is 0 Å². The topological polar surface area (TPSA) is 15.6 Å². The lowest BCUT2D eigenvalue weighted by Gasteiger charge is -2.33. The van der Waals surface area contributed by atoms with E-state index < -0.39 is 0 Å². The van der Waals surface area contributed by atoms with Gasteiger partial charge in [-0.15, -0.1) is 0 Å². The summed E-state index contributed by atoms with van der Waals surface area (Å²) >= 11 is 3.64. The lowest BCUT2D eigenvalue weighted by atomic mass is 9.78. The number of likely N-dealkylation sites (N-methyl/N-ethyl adjacent to an activating group) is 1. The molecular formula is C13H15BrN2. The summed E-state index contributed by atoms with van der Waals surface area (Å²) < 4.78 is 1.26. The predicted molar refractivity (Wildman–Crippen MR) is 70.0 cm³/mol. The van der Waals surface area contributed by atoms with Crippen molar-refractivity contribution in [2.45, 2.75) is 24.8 Å². The molecule has 2 aliphatic rings. The Hall–Kier alpha value is -0.830. The van der Waals surface area contributed by atoms with Gasteiger partial charge in [-0.25, -0.2) is 0 Å². The summed E-state index contributed by atoms with van der Waals surface area (Å²) in [6, 6.07) is 6.51. The molecule has 0 N–H and O–H groups in total. The smallest absolute Gasteiger partial charge is 0.0855 e. The highest BCUT2D eigenvalue weighted by atomic mass is 79.9. The Balaban J connectivity index is 1.95. The van der Waals surface area contributed by atoms with Crippen molar-refractivity contribution in [3.63, 3.8) is 0 Å². The molecule has 1 aromatic carbocycles. The molecule has 1 aliphatic carbocycles. The van der Waals surface area contributed by atoms with E-state index in [0.29, 0.717) is 0 Å². The maximum atomic E-state index is 4.72. The summed E-state index contributed by atoms with van der Waals surface area (Å²) in [5.41, 5.74) is 3.11. The quantitative estimate of drug-likeness (QED) is 0.713. The van der Waals surface area contributed by atoms with E-state index in [4.69, 9.17) is 4.99 Å². The number of fused-ring (bicyclic) bond motifs is 1. The molecule has 0 bridgehead atoms. The second-order valence-corrected chi connectivity index (χ2v) is 5.79. The number of rotatable bonds is 0. The fourth-order valence-corrected chi connectivity index (χ4v) is 3.47. The monoisotopic (exact) mass is 278 g/mol. The largest absolute Gasteiger partial charge is 0.364 e. The third-order valence-electron chi connectivity index (χ3n) is 3.65. The van der Waals surface area contributed by atoms with Crippen LogP contribution in [0.4, 0.5) is 0 Å². The van der Waals surface area contributed by atoms with E-state index in [-0.39, 0.29) is 5.54 Å². The zero-order valence-electron chi connectivity index (χ0n) is 9.41. The predicted octanol–water partition coefficient (Wildman–Crippen LogP) is 2.65. The molecule has 0 radical (unpaired) electrons. The molecule has 1 aromatic rings. The van der Waals surface area contributed by atoms with Crippen molar-refractivity contribution < 1.29 is 0 Å². The van der Waals surface area contributed by atoms with E-state index in [1.54, 1.807) is 0 Å². The third kappa shape index (κ3) is 1.58. The summed E-state index contributed by atoms with van der Waals surface area (Å²) in [6.45, 7) is 1.07. The first-order valence-corrected chi connectivity index (χ1v) is 6.50. The van der Waals surface area contributed by atoms with Gasteiger partial charge in [0.2, 0.25) is 0 Å². The minimum absolute atomic E-state index is 0.155. The maximum Gasteiger partial charge on any atom is 0.0855 e. The van der Waals surface area contributed by atoms with Gasteiger partial charge in [-0.1, -0.05) is 28.1 Å².